The highest BCUT2D eigenvalue weighted by atomic mass is 35.5. The van der Waals surface area contributed by atoms with Crippen LogP contribution in [0.5, 0.6) is 0 Å². The second kappa shape index (κ2) is 6.42. The molecule has 1 aromatic rings. The molecule has 1 aromatic heterocycles. The van der Waals surface area contributed by atoms with Crippen molar-refractivity contribution in [2.45, 2.75) is 46.1 Å². The summed E-state index contributed by atoms with van der Waals surface area (Å²) >= 11 is 5.76. The van der Waals surface area contributed by atoms with E-state index in [0.29, 0.717) is 5.92 Å². The van der Waals surface area contributed by atoms with E-state index in [1.165, 1.54) is 18.5 Å². The number of anilines is 1. The summed E-state index contributed by atoms with van der Waals surface area (Å²) in [5, 5.41) is 4.41. The first-order chi connectivity index (χ1) is 9.17. The van der Waals surface area contributed by atoms with Crippen molar-refractivity contribution in [1.82, 2.24) is 9.78 Å². The fourth-order valence-corrected chi connectivity index (χ4v) is 2.62. The standard InChI is InChI=1S/C14H22ClN3O/c1-3-11(2)10-17(14(19)8-15)13-9-16-18-7-5-4-6-12(13)18/h9,11H,3-8,10H2,1-2H3. The molecule has 1 amide bonds. The number of hydrogen-bond donors (Lipinski definition) is 0. The van der Waals surface area contributed by atoms with Gasteiger partial charge in [0, 0.05) is 13.1 Å². The van der Waals surface area contributed by atoms with Gasteiger partial charge < -0.3 is 4.90 Å². The van der Waals surface area contributed by atoms with Gasteiger partial charge in [0.1, 0.15) is 5.88 Å². The van der Waals surface area contributed by atoms with Gasteiger partial charge >= 0.3 is 0 Å². The molecule has 2 rings (SSSR count). The molecule has 1 aliphatic rings. The van der Waals surface area contributed by atoms with Crippen LogP contribution in [0.15, 0.2) is 6.20 Å². The molecule has 0 aliphatic carbocycles. The molecular weight excluding hydrogens is 262 g/mol. The fraction of sp³-hybridized carbons (Fsp3) is 0.714. The Kier molecular flexibility index (Phi) is 4.86. The molecule has 0 radical (unpaired) electrons. The molecule has 4 nitrogen and oxygen atoms in total. The van der Waals surface area contributed by atoms with Crippen molar-refractivity contribution in [3.8, 4) is 0 Å². The largest absolute Gasteiger partial charge is 0.308 e. The average Bonchev–Trinajstić information content (AvgIpc) is 2.87. The molecule has 1 atom stereocenters. The van der Waals surface area contributed by atoms with E-state index in [-0.39, 0.29) is 11.8 Å². The Bertz CT molecular complexity index is 444. The Labute approximate surface area is 119 Å². The smallest absolute Gasteiger partial charge is 0.242 e. The van der Waals surface area contributed by atoms with Crippen LogP contribution in [-0.4, -0.2) is 28.1 Å². The number of hydrogen-bond acceptors (Lipinski definition) is 2. The fourth-order valence-electron chi connectivity index (χ4n) is 2.48. The summed E-state index contributed by atoms with van der Waals surface area (Å²) in [5.41, 5.74) is 2.15. The van der Waals surface area contributed by atoms with Crippen LogP contribution in [0.3, 0.4) is 0 Å². The lowest BCUT2D eigenvalue weighted by molar-refractivity contribution is -0.116. The molecule has 1 aliphatic heterocycles. The highest BCUT2D eigenvalue weighted by Crippen LogP contribution is 2.27. The predicted molar refractivity (Wildman–Crippen MR) is 77.7 cm³/mol. The highest BCUT2D eigenvalue weighted by molar-refractivity contribution is 6.29. The average molecular weight is 284 g/mol. The first-order valence-electron chi connectivity index (χ1n) is 7.08. The first-order valence-corrected chi connectivity index (χ1v) is 7.61. The lowest BCUT2D eigenvalue weighted by Crippen LogP contribution is -2.36. The van der Waals surface area contributed by atoms with Crippen LogP contribution < -0.4 is 4.90 Å². The summed E-state index contributed by atoms with van der Waals surface area (Å²) in [7, 11) is 0. The van der Waals surface area contributed by atoms with Gasteiger partial charge in [0.2, 0.25) is 5.91 Å². The van der Waals surface area contributed by atoms with Crippen LogP contribution in [0.25, 0.3) is 0 Å². The molecule has 0 fully saturated rings. The van der Waals surface area contributed by atoms with E-state index in [4.69, 9.17) is 11.6 Å². The molecule has 106 valence electrons. The van der Waals surface area contributed by atoms with Gasteiger partial charge in [-0.05, 0) is 25.2 Å². The third-order valence-corrected chi connectivity index (χ3v) is 4.09. The highest BCUT2D eigenvalue weighted by Gasteiger charge is 2.24. The molecular formula is C14H22ClN3O. The third kappa shape index (κ3) is 3.11. The van der Waals surface area contributed by atoms with Crippen LogP contribution >= 0.6 is 11.6 Å². The number of amides is 1. The lowest BCUT2D eigenvalue weighted by atomic mass is 10.1. The van der Waals surface area contributed by atoms with E-state index in [0.717, 1.165) is 31.6 Å². The van der Waals surface area contributed by atoms with E-state index in [1.807, 2.05) is 15.8 Å². The van der Waals surface area contributed by atoms with E-state index in [1.54, 1.807) is 0 Å². The van der Waals surface area contributed by atoms with E-state index >= 15 is 0 Å². The number of carbonyl (C=O) groups excluding carboxylic acids is 1. The molecule has 19 heavy (non-hydrogen) atoms. The zero-order valence-corrected chi connectivity index (χ0v) is 12.5. The summed E-state index contributed by atoms with van der Waals surface area (Å²) in [6.07, 6.45) is 6.22. The minimum atomic E-state index is -0.0247. The number of nitrogens with zero attached hydrogens (tertiary/aromatic N) is 3. The van der Waals surface area contributed by atoms with Gasteiger partial charge in [0.05, 0.1) is 17.6 Å². The monoisotopic (exact) mass is 283 g/mol. The van der Waals surface area contributed by atoms with E-state index in [2.05, 4.69) is 18.9 Å². The quantitative estimate of drug-likeness (QED) is 0.780. The van der Waals surface area contributed by atoms with Gasteiger partial charge in [0.15, 0.2) is 0 Å². The zero-order chi connectivity index (χ0) is 13.8. The van der Waals surface area contributed by atoms with Crippen LogP contribution in [0, 0.1) is 5.92 Å². The van der Waals surface area contributed by atoms with Gasteiger partial charge in [-0.15, -0.1) is 11.6 Å². The van der Waals surface area contributed by atoms with Crippen LogP contribution in [0.2, 0.25) is 0 Å². The maximum atomic E-state index is 12.1. The van der Waals surface area contributed by atoms with Gasteiger partial charge in [-0.25, -0.2) is 0 Å². The molecule has 0 spiro atoms. The molecule has 0 aromatic carbocycles. The second-order valence-electron chi connectivity index (χ2n) is 5.31. The van der Waals surface area contributed by atoms with Crippen molar-refractivity contribution >= 4 is 23.2 Å². The Morgan fingerprint density at radius 3 is 3.05 bits per heavy atom. The molecule has 0 saturated carbocycles. The van der Waals surface area contributed by atoms with Crippen LogP contribution in [0.1, 0.15) is 38.8 Å². The number of alkyl halides is 1. The summed E-state index contributed by atoms with van der Waals surface area (Å²) in [4.78, 5) is 13.9. The maximum Gasteiger partial charge on any atom is 0.242 e. The minimum absolute atomic E-state index is 0.0247. The van der Waals surface area contributed by atoms with Crippen molar-refractivity contribution in [2.75, 3.05) is 17.3 Å². The number of aromatic nitrogens is 2. The topological polar surface area (TPSA) is 38.1 Å². The lowest BCUT2D eigenvalue weighted by Gasteiger charge is -2.26. The maximum absolute atomic E-state index is 12.1. The van der Waals surface area contributed by atoms with Crippen LogP contribution in [0.4, 0.5) is 5.69 Å². The Morgan fingerprint density at radius 2 is 2.37 bits per heavy atom. The SMILES string of the molecule is CCC(C)CN(C(=O)CCl)c1cnn2c1CCCC2. The van der Waals surface area contributed by atoms with Crippen molar-refractivity contribution in [3.05, 3.63) is 11.9 Å². The summed E-state index contributed by atoms with van der Waals surface area (Å²) in [6.45, 7) is 5.98. The van der Waals surface area contributed by atoms with Crippen LogP contribution in [-0.2, 0) is 17.8 Å². The van der Waals surface area contributed by atoms with Gasteiger partial charge in [-0.3, -0.25) is 9.48 Å². The third-order valence-electron chi connectivity index (χ3n) is 3.86. The molecule has 1 unspecified atom stereocenters. The predicted octanol–water partition coefficient (Wildman–Crippen LogP) is 2.84. The first kappa shape index (κ1) is 14.4. The number of halogens is 1. The summed E-state index contributed by atoms with van der Waals surface area (Å²) in [5.74, 6) is 0.468. The van der Waals surface area contributed by atoms with E-state index in [9.17, 15) is 4.79 Å². The van der Waals surface area contributed by atoms with Gasteiger partial charge in [0.25, 0.3) is 0 Å². The molecule has 5 heteroatoms. The number of aryl methyl sites for hydroxylation is 1. The van der Waals surface area contributed by atoms with Crippen molar-refractivity contribution in [1.29, 1.82) is 0 Å². The zero-order valence-electron chi connectivity index (χ0n) is 11.7. The Hall–Kier alpha value is -1.03. The van der Waals surface area contributed by atoms with Crippen molar-refractivity contribution in [2.24, 2.45) is 5.92 Å². The molecule has 0 bridgehead atoms. The van der Waals surface area contributed by atoms with Gasteiger partial charge in [-0.1, -0.05) is 20.3 Å². The van der Waals surface area contributed by atoms with Crippen molar-refractivity contribution in [3.63, 3.8) is 0 Å². The summed E-state index contributed by atoms with van der Waals surface area (Å²) < 4.78 is 2.03. The minimum Gasteiger partial charge on any atom is -0.308 e. The number of fused-ring (bicyclic) bond motifs is 1. The Balaban J connectivity index is 2.27. The van der Waals surface area contributed by atoms with E-state index < -0.39 is 0 Å². The van der Waals surface area contributed by atoms with Gasteiger partial charge in [-0.2, -0.15) is 5.10 Å². The molecule has 0 N–H and O–H groups in total. The van der Waals surface area contributed by atoms with Crippen molar-refractivity contribution < 1.29 is 4.79 Å². The molecule has 0 saturated heterocycles. The normalized spacial score (nSPS) is 15.9. The number of carbonyl (C=O) groups is 1. The Morgan fingerprint density at radius 1 is 1.58 bits per heavy atom. The number of rotatable bonds is 5. The molecule has 2 heterocycles. The summed E-state index contributed by atoms with van der Waals surface area (Å²) in [6, 6.07) is 0. The second-order valence-corrected chi connectivity index (χ2v) is 5.58.